The van der Waals surface area contributed by atoms with E-state index in [1.165, 1.54) is 0 Å². The van der Waals surface area contributed by atoms with Crippen molar-refractivity contribution >= 4 is 17.6 Å². The van der Waals surface area contributed by atoms with Crippen molar-refractivity contribution < 1.29 is 41.0 Å². The van der Waals surface area contributed by atoms with E-state index in [0.717, 1.165) is 0 Å². The van der Waals surface area contributed by atoms with E-state index in [2.05, 4.69) is 0 Å². The van der Waals surface area contributed by atoms with Crippen molar-refractivity contribution in [3.63, 3.8) is 0 Å². The van der Waals surface area contributed by atoms with E-state index in [0.29, 0.717) is 12.1 Å². The van der Waals surface area contributed by atoms with Crippen LogP contribution in [-0.2, 0) is 21.9 Å². The fraction of sp³-hybridized carbons (Fsp3) is 0.385. The molecule has 2 atom stereocenters. The minimum absolute atomic E-state index is 0.00768. The van der Waals surface area contributed by atoms with E-state index >= 15 is 0 Å². The fourth-order valence-electron chi connectivity index (χ4n) is 2.02. The lowest BCUT2D eigenvalue weighted by molar-refractivity contribution is -0.143. The molecule has 0 unspecified atom stereocenters. The Balaban J connectivity index is 2.28. The van der Waals surface area contributed by atoms with Gasteiger partial charge in [0.05, 0.1) is 23.0 Å². The maximum atomic E-state index is 12.7. The van der Waals surface area contributed by atoms with Gasteiger partial charge in [-0.2, -0.15) is 26.3 Å². The van der Waals surface area contributed by atoms with Gasteiger partial charge in [0.2, 0.25) is 5.91 Å². The minimum Gasteiger partial charge on any atom is -0.481 e. The first-order valence-electron chi connectivity index (χ1n) is 6.22. The van der Waals surface area contributed by atoms with Crippen LogP contribution in [0.25, 0.3) is 0 Å². The number of anilines is 1. The van der Waals surface area contributed by atoms with E-state index in [1.54, 1.807) is 0 Å². The lowest BCUT2D eigenvalue weighted by Crippen LogP contribution is -2.18. The van der Waals surface area contributed by atoms with Crippen LogP contribution in [-0.4, -0.2) is 17.0 Å². The largest absolute Gasteiger partial charge is 0.481 e. The van der Waals surface area contributed by atoms with Gasteiger partial charge in [-0.3, -0.25) is 9.59 Å². The summed E-state index contributed by atoms with van der Waals surface area (Å²) in [6, 6.07) is 0.670. The zero-order valence-corrected chi connectivity index (χ0v) is 11.1. The molecular weight excluding hydrogens is 332 g/mol. The summed E-state index contributed by atoms with van der Waals surface area (Å²) in [6.45, 7) is 0. The van der Waals surface area contributed by atoms with Crippen molar-refractivity contribution in [2.75, 3.05) is 5.32 Å². The average Bonchev–Trinajstić information content (AvgIpc) is 3.16. The molecule has 0 radical (unpaired) electrons. The molecule has 0 saturated heterocycles. The summed E-state index contributed by atoms with van der Waals surface area (Å²) in [5, 5.41) is 10.6. The molecule has 10 heteroatoms. The molecule has 4 nitrogen and oxygen atoms in total. The highest BCUT2D eigenvalue weighted by Gasteiger charge is 2.48. The molecule has 0 heterocycles. The number of benzene rings is 1. The third kappa shape index (κ3) is 3.93. The van der Waals surface area contributed by atoms with Crippen LogP contribution < -0.4 is 5.32 Å². The van der Waals surface area contributed by atoms with E-state index in [-0.39, 0.29) is 12.5 Å². The summed E-state index contributed by atoms with van der Waals surface area (Å²) in [5.74, 6) is -4.10. The molecule has 2 N–H and O–H groups in total. The smallest absolute Gasteiger partial charge is 0.416 e. The number of carbonyl (C=O) groups is 2. The van der Waals surface area contributed by atoms with Crippen LogP contribution in [0.4, 0.5) is 32.0 Å². The summed E-state index contributed by atoms with van der Waals surface area (Å²) >= 11 is 0. The molecule has 1 saturated carbocycles. The zero-order valence-electron chi connectivity index (χ0n) is 11.1. The van der Waals surface area contributed by atoms with E-state index in [1.807, 2.05) is 5.32 Å². The molecule has 0 bridgehead atoms. The van der Waals surface area contributed by atoms with Crippen molar-refractivity contribution in [3.05, 3.63) is 29.3 Å². The van der Waals surface area contributed by atoms with Crippen LogP contribution in [0.5, 0.6) is 0 Å². The van der Waals surface area contributed by atoms with E-state index in [9.17, 15) is 35.9 Å². The average molecular weight is 341 g/mol. The Kier molecular flexibility index (Phi) is 4.03. The van der Waals surface area contributed by atoms with Crippen LogP contribution in [0.15, 0.2) is 18.2 Å². The molecule has 1 aromatic carbocycles. The maximum absolute atomic E-state index is 12.7. The third-order valence-electron chi connectivity index (χ3n) is 3.30. The van der Waals surface area contributed by atoms with Crippen molar-refractivity contribution in [2.45, 2.75) is 18.8 Å². The topological polar surface area (TPSA) is 66.4 Å². The number of alkyl halides is 6. The highest BCUT2D eigenvalue weighted by Crippen LogP contribution is 2.41. The fourth-order valence-corrected chi connectivity index (χ4v) is 2.02. The predicted octanol–water partition coefficient (Wildman–Crippen LogP) is 3.38. The third-order valence-corrected chi connectivity index (χ3v) is 3.30. The van der Waals surface area contributed by atoms with E-state index < -0.39 is 52.9 Å². The van der Waals surface area contributed by atoms with Crippen LogP contribution in [0.2, 0.25) is 0 Å². The number of carboxylic acids is 1. The SMILES string of the molecule is O=C(O)[C@@H]1C[C@H]1C(=O)Nc1cc(C(F)(F)F)cc(C(F)(F)F)c1. The Bertz CT molecular complexity index is 620. The summed E-state index contributed by atoms with van der Waals surface area (Å²) in [5.41, 5.74) is -3.81. The van der Waals surface area contributed by atoms with E-state index in [4.69, 9.17) is 5.11 Å². The predicted molar refractivity (Wildman–Crippen MR) is 64.3 cm³/mol. The molecule has 126 valence electrons. The van der Waals surface area contributed by atoms with Crippen LogP contribution in [0, 0.1) is 11.8 Å². The lowest BCUT2D eigenvalue weighted by atomic mass is 10.1. The number of rotatable bonds is 3. The van der Waals surface area contributed by atoms with Crippen molar-refractivity contribution in [1.29, 1.82) is 0 Å². The number of halogens is 6. The maximum Gasteiger partial charge on any atom is 0.416 e. The zero-order chi connectivity index (χ0) is 17.6. The summed E-state index contributed by atoms with van der Waals surface area (Å²) in [4.78, 5) is 22.3. The van der Waals surface area contributed by atoms with Crippen LogP contribution >= 0.6 is 0 Å². The molecule has 1 amide bonds. The standard InChI is InChI=1S/C13H9F6NO3/c14-12(15,16)5-1-6(13(17,18)19)3-7(2-5)20-10(21)8-4-9(8)11(22)23/h1-3,8-9H,4H2,(H,20,21)(H,22,23)/t8-,9-/m1/s1. The molecule has 1 fully saturated rings. The molecule has 0 spiro atoms. The highest BCUT2D eigenvalue weighted by molar-refractivity contribution is 5.98. The highest BCUT2D eigenvalue weighted by atomic mass is 19.4. The minimum atomic E-state index is -5.02. The van der Waals surface area contributed by atoms with Gasteiger partial charge in [-0.25, -0.2) is 0 Å². The molecule has 1 aromatic rings. The second kappa shape index (κ2) is 5.43. The Morgan fingerprint density at radius 2 is 1.43 bits per heavy atom. The monoisotopic (exact) mass is 341 g/mol. The summed E-state index contributed by atoms with van der Waals surface area (Å²) in [6.07, 6.45) is -10.1. The number of hydrogen-bond acceptors (Lipinski definition) is 2. The first-order valence-corrected chi connectivity index (χ1v) is 6.22. The molecule has 1 aliphatic rings. The number of nitrogens with one attached hydrogen (secondary N) is 1. The normalized spacial score (nSPS) is 21.0. The van der Waals surface area contributed by atoms with Crippen molar-refractivity contribution in [3.8, 4) is 0 Å². The Labute approximate surface area is 125 Å². The van der Waals surface area contributed by atoms with Gasteiger partial charge < -0.3 is 10.4 Å². The van der Waals surface area contributed by atoms with Gasteiger partial charge in [0, 0.05) is 5.69 Å². The molecule has 2 rings (SSSR count). The molecule has 0 aliphatic heterocycles. The second-order valence-corrected chi connectivity index (χ2v) is 5.07. The number of aliphatic carboxylic acids is 1. The lowest BCUT2D eigenvalue weighted by Gasteiger charge is -2.14. The number of hydrogen-bond donors (Lipinski definition) is 2. The van der Waals surface area contributed by atoms with Gasteiger partial charge in [-0.1, -0.05) is 0 Å². The summed E-state index contributed by atoms with van der Waals surface area (Å²) < 4.78 is 75.9. The van der Waals surface area contributed by atoms with Gasteiger partial charge >= 0.3 is 18.3 Å². The van der Waals surface area contributed by atoms with Crippen molar-refractivity contribution in [2.24, 2.45) is 11.8 Å². The van der Waals surface area contributed by atoms with Crippen LogP contribution in [0.1, 0.15) is 17.5 Å². The number of carboxylic acid groups (broad SMARTS) is 1. The van der Waals surface area contributed by atoms with Crippen LogP contribution in [0.3, 0.4) is 0 Å². The number of carbonyl (C=O) groups excluding carboxylic acids is 1. The van der Waals surface area contributed by atoms with Crippen molar-refractivity contribution in [1.82, 2.24) is 0 Å². The molecular formula is C13H9F6NO3. The van der Waals surface area contributed by atoms with Gasteiger partial charge in [0.1, 0.15) is 0 Å². The Morgan fingerprint density at radius 1 is 0.957 bits per heavy atom. The second-order valence-electron chi connectivity index (χ2n) is 5.07. The van der Waals surface area contributed by atoms with Gasteiger partial charge in [0.25, 0.3) is 0 Å². The number of amides is 1. The van der Waals surface area contributed by atoms with Gasteiger partial charge in [-0.05, 0) is 24.6 Å². The molecule has 23 heavy (non-hydrogen) atoms. The quantitative estimate of drug-likeness (QED) is 0.829. The first-order chi connectivity index (χ1) is 10.4. The first kappa shape index (κ1) is 17.1. The molecule has 0 aromatic heterocycles. The summed E-state index contributed by atoms with van der Waals surface area (Å²) in [7, 11) is 0. The van der Waals surface area contributed by atoms with Gasteiger partial charge in [0.15, 0.2) is 0 Å². The molecule has 1 aliphatic carbocycles. The van der Waals surface area contributed by atoms with Gasteiger partial charge in [-0.15, -0.1) is 0 Å². The Morgan fingerprint density at radius 3 is 1.78 bits per heavy atom. The Hall–Kier alpha value is -2.26.